The zero-order valence-electron chi connectivity index (χ0n) is 17.8. The molecule has 0 saturated carbocycles. The van der Waals surface area contributed by atoms with Gasteiger partial charge in [0.15, 0.2) is 0 Å². The topological polar surface area (TPSA) is 49.1 Å². The molecule has 30 heavy (non-hydrogen) atoms. The van der Waals surface area contributed by atoms with Gasteiger partial charge in [0.2, 0.25) is 0 Å². The van der Waals surface area contributed by atoms with Gasteiger partial charge >= 0.3 is 0 Å². The Labute approximate surface area is 184 Å². The lowest BCUT2D eigenvalue weighted by molar-refractivity contribution is 0.306. The molecule has 0 amide bonds. The Morgan fingerprint density at radius 2 is 1.93 bits per heavy atom. The number of hydrogen-bond acceptors (Lipinski definition) is 4. The third kappa shape index (κ3) is 4.52. The van der Waals surface area contributed by atoms with E-state index in [1.807, 2.05) is 36.4 Å². The van der Waals surface area contributed by atoms with E-state index in [9.17, 15) is 0 Å². The van der Waals surface area contributed by atoms with Crippen LogP contribution in [0.25, 0.3) is 10.9 Å². The van der Waals surface area contributed by atoms with Crippen LogP contribution in [0.2, 0.25) is 0 Å². The number of benzene rings is 2. The first-order chi connectivity index (χ1) is 14.0. The van der Waals surface area contributed by atoms with Crippen molar-refractivity contribution in [2.45, 2.75) is 46.3 Å². The number of nitrogens with zero attached hydrogens (tertiary/aromatic N) is 3. The highest BCUT2D eigenvalue weighted by atomic mass is 35.5. The summed E-state index contributed by atoms with van der Waals surface area (Å²) in [5.74, 6) is 1.45. The third-order valence-electron chi connectivity index (χ3n) is 5.75. The smallest absolute Gasteiger partial charge is 0.122 e. The van der Waals surface area contributed by atoms with Gasteiger partial charge in [-0.2, -0.15) is 5.26 Å². The van der Waals surface area contributed by atoms with Crippen LogP contribution in [0.15, 0.2) is 48.5 Å². The summed E-state index contributed by atoms with van der Waals surface area (Å²) in [6, 6.07) is 18.7. The molecule has 4 nitrogen and oxygen atoms in total. The van der Waals surface area contributed by atoms with Crippen LogP contribution in [0.4, 0.5) is 5.69 Å². The van der Waals surface area contributed by atoms with Gasteiger partial charge in [-0.1, -0.05) is 26.0 Å². The van der Waals surface area contributed by atoms with Crippen LogP contribution in [0.1, 0.15) is 43.5 Å². The Kier molecular flexibility index (Phi) is 6.84. The predicted molar refractivity (Wildman–Crippen MR) is 124 cm³/mol. The molecule has 5 heteroatoms. The number of halogens is 1. The summed E-state index contributed by atoms with van der Waals surface area (Å²) < 4.78 is 6.00. The van der Waals surface area contributed by atoms with Crippen molar-refractivity contribution in [2.75, 3.05) is 11.4 Å². The quantitative estimate of drug-likeness (QED) is 0.503. The van der Waals surface area contributed by atoms with E-state index in [0.717, 1.165) is 29.1 Å². The Balaban J connectivity index is 0.00000256. The molecule has 0 bridgehead atoms. The fourth-order valence-electron chi connectivity index (χ4n) is 4.27. The second-order valence-corrected chi connectivity index (χ2v) is 8.21. The van der Waals surface area contributed by atoms with Gasteiger partial charge in [0.05, 0.1) is 17.1 Å². The maximum atomic E-state index is 8.92. The molecule has 2 heterocycles. The lowest BCUT2D eigenvalue weighted by Gasteiger charge is -2.31. The fraction of sp³-hybridized carbons (Fsp3) is 0.360. The van der Waals surface area contributed by atoms with Gasteiger partial charge in [0.25, 0.3) is 0 Å². The molecule has 1 saturated heterocycles. The number of fused-ring (bicyclic) bond motifs is 1. The summed E-state index contributed by atoms with van der Waals surface area (Å²) in [5.41, 5.74) is 5.01. The van der Waals surface area contributed by atoms with E-state index in [1.54, 1.807) is 0 Å². The first kappa shape index (κ1) is 21.9. The second kappa shape index (κ2) is 9.36. The molecule has 2 aromatic carbocycles. The fourth-order valence-corrected chi connectivity index (χ4v) is 4.27. The molecule has 1 unspecified atom stereocenters. The minimum Gasteiger partial charge on any atom is -0.489 e. The molecule has 156 valence electrons. The van der Waals surface area contributed by atoms with E-state index in [1.165, 1.54) is 23.9 Å². The van der Waals surface area contributed by atoms with E-state index in [0.29, 0.717) is 24.1 Å². The van der Waals surface area contributed by atoms with Crippen molar-refractivity contribution >= 4 is 29.0 Å². The first-order valence-electron chi connectivity index (χ1n) is 10.3. The molecule has 1 atom stereocenters. The van der Waals surface area contributed by atoms with Gasteiger partial charge in [-0.3, -0.25) is 4.98 Å². The predicted octanol–water partition coefficient (Wildman–Crippen LogP) is 6.04. The zero-order chi connectivity index (χ0) is 20.4. The van der Waals surface area contributed by atoms with Crippen LogP contribution >= 0.6 is 12.4 Å². The standard InChI is InChI=1S/C25H27N3O.ClH/c1-17(2)24-5-4-12-28(24)25-13-18(3)27-23-14-21(10-11-22(23)25)29-16-20-8-6-19(15-26)7-9-20;/h6-11,13-14,17,24H,4-5,12,16H2,1-3H3;1H. The summed E-state index contributed by atoms with van der Waals surface area (Å²) in [4.78, 5) is 7.34. The summed E-state index contributed by atoms with van der Waals surface area (Å²) in [7, 11) is 0. The van der Waals surface area contributed by atoms with Gasteiger partial charge in [0.1, 0.15) is 12.4 Å². The molecule has 0 aliphatic carbocycles. The molecule has 1 fully saturated rings. The first-order valence-corrected chi connectivity index (χ1v) is 10.3. The molecular weight excluding hydrogens is 394 g/mol. The molecule has 1 aromatic heterocycles. The van der Waals surface area contributed by atoms with Gasteiger partial charge < -0.3 is 9.64 Å². The highest BCUT2D eigenvalue weighted by molar-refractivity contribution is 5.93. The Bertz CT molecular complexity index is 1060. The molecule has 4 rings (SSSR count). The van der Waals surface area contributed by atoms with E-state index in [2.05, 4.69) is 43.9 Å². The van der Waals surface area contributed by atoms with Crippen molar-refractivity contribution in [2.24, 2.45) is 5.92 Å². The minimum absolute atomic E-state index is 0. The van der Waals surface area contributed by atoms with Gasteiger partial charge in [-0.15, -0.1) is 12.4 Å². The molecule has 0 radical (unpaired) electrons. The summed E-state index contributed by atoms with van der Waals surface area (Å²) >= 11 is 0. The molecule has 0 spiro atoms. The Morgan fingerprint density at radius 1 is 1.17 bits per heavy atom. The average Bonchev–Trinajstić information content (AvgIpc) is 3.22. The number of aryl methyl sites for hydroxylation is 1. The normalized spacial score (nSPS) is 15.8. The highest BCUT2D eigenvalue weighted by Crippen LogP contribution is 2.36. The van der Waals surface area contributed by atoms with E-state index in [4.69, 9.17) is 15.0 Å². The molecular formula is C25H28ClN3O. The van der Waals surface area contributed by atoms with Crippen LogP contribution in [-0.4, -0.2) is 17.6 Å². The number of ether oxygens (including phenoxy) is 1. The minimum atomic E-state index is 0. The second-order valence-electron chi connectivity index (χ2n) is 8.21. The van der Waals surface area contributed by atoms with Crippen LogP contribution in [0.5, 0.6) is 5.75 Å². The number of pyridine rings is 1. The lowest BCUT2D eigenvalue weighted by Crippen LogP contribution is -2.33. The van der Waals surface area contributed by atoms with Crippen LogP contribution in [-0.2, 0) is 6.61 Å². The number of nitriles is 1. The maximum Gasteiger partial charge on any atom is 0.122 e. The molecule has 1 aliphatic heterocycles. The van der Waals surface area contributed by atoms with Crippen molar-refractivity contribution < 1.29 is 4.74 Å². The third-order valence-corrected chi connectivity index (χ3v) is 5.75. The lowest BCUT2D eigenvalue weighted by atomic mass is 10.0. The van der Waals surface area contributed by atoms with Crippen LogP contribution < -0.4 is 9.64 Å². The Hall–Kier alpha value is -2.77. The average molecular weight is 422 g/mol. The zero-order valence-corrected chi connectivity index (χ0v) is 18.6. The van der Waals surface area contributed by atoms with Crippen LogP contribution in [0.3, 0.4) is 0 Å². The van der Waals surface area contributed by atoms with E-state index >= 15 is 0 Å². The number of rotatable bonds is 5. The van der Waals surface area contributed by atoms with E-state index < -0.39 is 0 Å². The SMILES string of the molecule is Cc1cc(N2CCCC2C(C)C)c2ccc(OCc3ccc(C#N)cc3)cc2n1.Cl. The molecule has 0 N–H and O–H groups in total. The van der Waals surface area contributed by atoms with Crippen molar-refractivity contribution in [3.8, 4) is 11.8 Å². The summed E-state index contributed by atoms with van der Waals surface area (Å²) in [6.07, 6.45) is 2.50. The van der Waals surface area contributed by atoms with Crippen molar-refractivity contribution in [1.82, 2.24) is 4.98 Å². The summed E-state index contributed by atoms with van der Waals surface area (Å²) in [5, 5.41) is 10.1. The monoisotopic (exact) mass is 421 g/mol. The number of hydrogen-bond donors (Lipinski definition) is 0. The highest BCUT2D eigenvalue weighted by Gasteiger charge is 2.28. The van der Waals surface area contributed by atoms with Gasteiger partial charge in [-0.25, -0.2) is 0 Å². The number of aromatic nitrogens is 1. The van der Waals surface area contributed by atoms with Crippen molar-refractivity contribution in [3.63, 3.8) is 0 Å². The van der Waals surface area contributed by atoms with Crippen LogP contribution in [0, 0.1) is 24.2 Å². The largest absolute Gasteiger partial charge is 0.489 e. The van der Waals surface area contributed by atoms with Gasteiger partial charge in [-0.05, 0) is 61.6 Å². The molecule has 3 aromatic rings. The Morgan fingerprint density at radius 3 is 2.63 bits per heavy atom. The van der Waals surface area contributed by atoms with E-state index in [-0.39, 0.29) is 12.4 Å². The molecule has 1 aliphatic rings. The summed E-state index contributed by atoms with van der Waals surface area (Å²) in [6.45, 7) is 8.27. The maximum absolute atomic E-state index is 8.92. The number of anilines is 1. The van der Waals surface area contributed by atoms with Gasteiger partial charge in [0, 0.05) is 35.4 Å². The van der Waals surface area contributed by atoms with Crippen molar-refractivity contribution in [1.29, 1.82) is 5.26 Å². The van der Waals surface area contributed by atoms with Crippen molar-refractivity contribution in [3.05, 3.63) is 65.4 Å².